The first-order valence-electron chi connectivity index (χ1n) is 7.39. The molecule has 3 rings (SSSR count). The summed E-state index contributed by atoms with van der Waals surface area (Å²) in [6.07, 6.45) is 4.79. The molecule has 3 N–H and O–H groups in total. The van der Waals surface area contributed by atoms with Crippen LogP contribution in [0.3, 0.4) is 0 Å². The van der Waals surface area contributed by atoms with Crippen molar-refractivity contribution in [2.75, 3.05) is 5.32 Å². The second-order valence-electron chi connectivity index (χ2n) is 5.77. The number of carbonyl (C=O) groups is 1. The van der Waals surface area contributed by atoms with E-state index in [1.54, 1.807) is 26.1 Å². The molecular weight excluding hydrogens is 350 g/mol. The summed E-state index contributed by atoms with van der Waals surface area (Å²) >= 11 is 0. The molecule has 0 aliphatic carbocycles. The number of nitrogens with zero attached hydrogens (tertiary/aromatic N) is 1. The second kappa shape index (κ2) is 6.08. The molecule has 1 unspecified atom stereocenters. The van der Waals surface area contributed by atoms with Crippen molar-refractivity contribution in [2.45, 2.75) is 17.9 Å². The molecule has 2 atom stereocenters. The Bertz CT molecular complexity index is 996. The first-order chi connectivity index (χ1) is 11.7. The molecular formula is C16H16F2N4O2S. The lowest BCUT2D eigenvalue weighted by Crippen LogP contribution is -2.29. The lowest BCUT2D eigenvalue weighted by molar-refractivity contribution is 0.101. The molecule has 25 heavy (non-hydrogen) atoms. The Morgan fingerprint density at radius 1 is 1.36 bits per heavy atom. The van der Waals surface area contributed by atoms with Crippen molar-refractivity contribution in [3.8, 4) is 0 Å². The Hall–Kier alpha value is -2.52. The Balaban J connectivity index is 2.03. The molecule has 2 aromatic rings. The van der Waals surface area contributed by atoms with E-state index < -0.39 is 27.5 Å². The summed E-state index contributed by atoms with van der Waals surface area (Å²) in [4.78, 5) is 12.8. The molecule has 0 radical (unpaired) electrons. The van der Waals surface area contributed by atoms with Gasteiger partial charge < -0.3 is 9.88 Å². The average Bonchev–Trinajstić information content (AvgIpc) is 2.81. The highest BCUT2D eigenvalue weighted by Gasteiger charge is 2.27. The summed E-state index contributed by atoms with van der Waals surface area (Å²) in [7, 11) is -1.69. The van der Waals surface area contributed by atoms with Gasteiger partial charge in [-0.2, -0.15) is 0 Å². The number of aryl methyl sites for hydroxylation is 1. The lowest BCUT2D eigenvalue weighted by Gasteiger charge is -2.09. The van der Waals surface area contributed by atoms with Gasteiger partial charge in [-0.1, -0.05) is 12.2 Å². The minimum absolute atomic E-state index is 0.0922. The number of nitrogens with one attached hydrogen (secondary N) is 3. The van der Waals surface area contributed by atoms with Crippen molar-refractivity contribution in [3.05, 3.63) is 53.4 Å². The predicted molar refractivity (Wildman–Crippen MR) is 90.5 cm³/mol. The quantitative estimate of drug-likeness (QED) is 0.763. The number of hydrogen-bond donors (Lipinski definition) is 3. The number of amides is 1. The van der Waals surface area contributed by atoms with Gasteiger partial charge in [-0.3, -0.25) is 4.79 Å². The molecule has 0 fully saturated rings. The van der Waals surface area contributed by atoms with Gasteiger partial charge in [0, 0.05) is 36.6 Å². The van der Waals surface area contributed by atoms with Crippen LogP contribution >= 0.6 is 0 Å². The monoisotopic (exact) mass is 366 g/mol. The fourth-order valence-corrected chi connectivity index (χ4v) is 4.17. The fraction of sp³-hybridized carbons (Fsp3) is 0.188. The van der Waals surface area contributed by atoms with Crippen LogP contribution in [-0.4, -0.2) is 20.7 Å². The predicted octanol–water partition coefficient (Wildman–Crippen LogP) is 2.88. The van der Waals surface area contributed by atoms with Crippen molar-refractivity contribution < 1.29 is 17.8 Å². The molecule has 0 saturated heterocycles. The zero-order chi connectivity index (χ0) is 18.4. The van der Waals surface area contributed by atoms with E-state index in [4.69, 9.17) is 4.78 Å². The molecule has 1 aliphatic heterocycles. The van der Waals surface area contributed by atoms with Crippen molar-refractivity contribution in [2.24, 2.45) is 7.05 Å². The molecule has 0 spiro atoms. The van der Waals surface area contributed by atoms with Crippen molar-refractivity contribution >= 4 is 27.6 Å². The summed E-state index contributed by atoms with van der Waals surface area (Å²) < 4.78 is 51.1. The summed E-state index contributed by atoms with van der Waals surface area (Å²) in [5.74, 6) is -2.66. The van der Waals surface area contributed by atoms with Gasteiger partial charge in [-0.25, -0.2) is 22.5 Å². The molecule has 0 saturated carbocycles. The van der Waals surface area contributed by atoms with Crippen LogP contribution in [0.1, 0.15) is 23.0 Å². The fourth-order valence-electron chi connectivity index (χ4n) is 2.66. The molecule has 2 heterocycles. The zero-order valence-corrected chi connectivity index (χ0v) is 14.3. The molecule has 0 bridgehead atoms. The maximum absolute atomic E-state index is 13.3. The zero-order valence-electron chi connectivity index (χ0n) is 13.5. The van der Waals surface area contributed by atoms with Crippen molar-refractivity contribution in [1.82, 2.24) is 9.29 Å². The van der Waals surface area contributed by atoms with Crippen LogP contribution in [0, 0.1) is 16.4 Å². The van der Waals surface area contributed by atoms with Crippen LogP contribution in [0.25, 0.3) is 6.08 Å². The Labute approximate surface area is 143 Å². The van der Waals surface area contributed by atoms with Gasteiger partial charge in [0.1, 0.15) is 15.6 Å². The first-order valence-corrected chi connectivity index (χ1v) is 8.95. The first kappa shape index (κ1) is 17.3. The van der Waals surface area contributed by atoms with Gasteiger partial charge >= 0.3 is 0 Å². The van der Waals surface area contributed by atoms with E-state index in [9.17, 15) is 17.8 Å². The highest BCUT2D eigenvalue weighted by molar-refractivity contribution is 7.90. The summed E-state index contributed by atoms with van der Waals surface area (Å²) in [5, 5.41) is 2.49. The normalized spacial score (nSPS) is 22.3. The second-order valence-corrected chi connectivity index (χ2v) is 7.56. The van der Waals surface area contributed by atoms with Crippen LogP contribution in [0.4, 0.5) is 14.5 Å². The van der Waals surface area contributed by atoms with E-state index in [2.05, 4.69) is 10.0 Å². The summed E-state index contributed by atoms with van der Waals surface area (Å²) in [5.41, 5.74) is 0.626. The molecule has 6 nitrogen and oxygen atoms in total. The standard InChI is InChI=1S/C16H16F2N4O2S/c1-9-3-5-11-14(25(19,24)21-9)8-22(2)15(11)16(23)20-10-4-6-12(17)13(18)7-10/h3-9H,1-2H3,(H,20,23)(H2,19,21,24)/t9-,25?/m1/s1. The van der Waals surface area contributed by atoms with Gasteiger partial charge in [0.05, 0.1) is 4.90 Å². The van der Waals surface area contributed by atoms with Crippen LogP contribution in [0.5, 0.6) is 0 Å². The topological polar surface area (TPSA) is 87.0 Å². The average molecular weight is 366 g/mol. The van der Waals surface area contributed by atoms with Crippen LogP contribution in [0.2, 0.25) is 0 Å². The molecule has 9 heteroatoms. The number of benzene rings is 1. The molecule has 132 valence electrons. The number of aromatic nitrogens is 1. The number of hydrogen-bond acceptors (Lipinski definition) is 3. The van der Waals surface area contributed by atoms with Gasteiger partial charge in [0.25, 0.3) is 5.91 Å². The number of rotatable bonds is 2. The largest absolute Gasteiger partial charge is 0.345 e. The number of anilines is 1. The van der Waals surface area contributed by atoms with E-state index in [1.165, 1.54) is 16.8 Å². The highest BCUT2D eigenvalue weighted by Crippen LogP contribution is 2.27. The minimum Gasteiger partial charge on any atom is -0.345 e. The SMILES string of the molecule is C[C@@H]1C=Cc2c(cn(C)c2C(=O)Nc2ccc(F)c(F)c2)S(=N)(=O)N1. The third-order valence-corrected chi connectivity index (χ3v) is 5.44. The van der Waals surface area contributed by atoms with Crippen LogP contribution in [-0.2, 0) is 17.0 Å². The number of halogens is 2. The van der Waals surface area contributed by atoms with Crippen LogP contribution < -0.4 is 10.0 Å². The smallest absolute Gasteiger partial charge is 0.272 e. The van der Waals surface area contributed by atoms with Gasteiger partial charge in [-0.05, 0) is 19.1 Å². The maximum atomic E-state index is 13.3. The Kier molecular flexibility index (Phi) is 4.21. The van der Waals surface area contributed by atoms with Gasteiger partial charge in [-0.15, -0.1) is 0 Å². The van der Waals surface area contributed by atoms with Crippen molar-refractivity contribution in [1.29, 1.82) is 4.78 Å². The van der Waals surface area contributed by atoms with Gasteiger partial charge in [0.2, 0.25) is 0 Å². The molecule has 1 aliphatic rings. The Morgan fingerprint density at radius 3 is 2.76 bits per heavy atom. The number of fused-ring (bicyclic) bond motifs is 1. The maximum Gasteiger partial charge on any atom is 0.272 e. The van der Waals surface area contributed by atoms with E-state index in [0.29, 0.717) is 5.56 Å². The Morgan fingerprint density at radius 2 is 2.08 bits per heavy atom. The summed E-state index contributed by atoms with van der Waals surface area (Å²) in [6, 6.07) is 2.73. The van der Waals surface area contributed by atoms with E-state index in [0.717, 1.165) is 12.1 Å². The molecule has 1 amide bonds. The third kappa shape index (κ3) is 3.20. The van der Waals surface area contributed by atoms with E-state index >= 15 is 0 Å². The third-order valence-electron chi connectivity index (χ3n) is 3.79. The van der Waals surface area contributed by atoms with Gasteiger partial charge in [0.15, 0.2) is 11.6 Å². The van der Waals surface area contributed by atoms with Crippen LogP contribution in [0.15, 0.2) is 35.4 Å². The molecule has 1 aromatic heterocycles. The van der Waals surface area contributed by atoms with Crippen molar-refractivity contribution in [3.63, 3.8) is 0 Å². The highest BCUT2D eigenvalue weighted by atomic mass is 32.2. The minimum atomic E-state index is -3.27. The van der Waals surface area contributed by atoms with E-state index in [1.807, 2.05) is 0 Å². The number of carbonyl (C=O) groups excluding carboxylic acids is 1. The molecule has 1 aromatic carbocycles. The van der Waals surface area contributed by atoms with E-state index in [-0.39, 0.29) is 22.3 Å². The summed E-state index contributed by atoms with van der Waals surface area (Å²) in [6.45, 7) is 1.75. The lowest BCUT2D eigenvalue weighted by atomic mass is 10.2.